The minimum absolute atomic E-state index is 0.141. The zero-order valence-electron chi connectivity index (χ0n) is 18.3. The second kappa shape index (κ2) is 12.5. The van der Waals surface area contributed by atoms with Gasteiger partial charge in [-0.3, -0.25) is 4.79 Å². The Bertz CT molecular complexity index is 831. The van der Waals surface area contributed by atoms with E-state index in [2.05, 4.69) is 11.9 Å². The monoisotopic (exact) mass is 441 g/mol. The van der Waals surface area contributed by atoms with Crippen molar-refractivity contribution in [3.8, 4) is 0 Å². The topological polar surface area (TPSA) is 86.2 Å². The lowest BCUT2D eigenvalue weighted by atomic mass is 9.96. The average Bonchev–Trinajstić information content (AvgIpc) is 2.80. The van der Waals surface area contributed by atoms with Crippen molar-refractivity contribution in [2.75, 3.05) is 13.2 Å². The number of amides is 1. The van der Waals surface area contributed by atoms with Gasteiger partial charge < -0.3 is 29.4 Å². The van der Waals surface area contributed by atoms with Crippen molar-refractivity contribution in [3.05, 3.63) is 84.4 Å². The molecule has 1 heterocycles. The SMILES string of the molecule is C=CCO[C@H]1[C@@H](O)[C@@H](COCc2ccccc2)O[C@H](OCc2ccccc2)[C@@H]1NC(C)=O. The summed E-state index contributed by atoms with van der Waals surface area (Å²) in [4.78, 5) is 11.9. The molecule has 1 saturated heterocycles. The molecule has 0 radical (unpaired) electrons. The number of hydrogen-bond donors (Lipinski definition) is 2. The number of rotatable bonds is 11. The second-order valence-electron chi connectivity index (χ2n) is 7.64. The number of nitrogens with one attached hydrogen (secondary N) is 1. The third kappa shape index (κ3) is 6.98. The molecule has 0 bridgehead atoms. The van der Waals surface area contributed by atoms with E-state index in [4.69, 9.17) is 18.9 Å². The van der Waals surface area contributed by atoms with Crippen LogP contribution in [0.3, 0.4) is 0 Å². The standard InChI is InChI=1S/C25H31NO6/c1-3-14-30-24-22(26-18(2)27)25(31-16-20-12-8-5-9-13-20)32-21(23(24)28)17-29-15-19-10-6-4-7-11-19/h3-13,21-25,28H,1,14-17H2,2H3,(H,26,27)/t21-,22-,23+,24-,25+/m1/s1. The third-order valence-corrected chi connectivity index (χ3v) is 5.10. The molecule has 1 fully saturated rings. The molecule has 2 aromatic rings. The van der Waals surface area contributed by atoms with Crippen LogP contribution < -0.4 is 5.32 Å². The van der Waals surface area contributed by atoms with Gasteiger partial charge in [0.2, 0.25) is 5.91 Å². The molecular weight excluding hydrogens is 410 g/mol. The summed E-state index contributed by atoms with van der Waals surface area (Å²) in [6.07, 6.45) is -1.72. The summed E-state index contributed by atoms with van der Waals surface area (Å²) in [7, 11) is 0. The molecule has 172 valence electrons. The maximum absolute atomic E-state index is 11.9. The van der Waals surface area contributed by atoms with E-state index in [-0.39, 0.29) is 25.7 Å². The third-order valence-electron chi connectivity index (χ3n) is 5.10. The molecule has 5 atom stereocenters. The molecule has 1 amide bonds. The van der Waals surface area contributed by atoms with E-state index in [1.807, 2.05) is 60.7 Å². The minimum Gasteiger partial charge on any atom is -0.388 e. The predicted molar refractivity (Wildman–Crippen MR) is 120 cm³/mol. The Morgan fingerprint density at radius 2 is 1.69 bits per heavy atom. The number of aliphatic hydroxyl groups excluding tert-OH is 1. The van der Waals surface area contributed by atoms with Crippen molar-refractivity contribution < 1.29 is 28.8 Å². The van der Waals surface area contributed by atoms with E-state index in [0.29, 0.717) is 6.61 Å². The van der Waals surface area contributed by atoms with Crippen LogP contribution in [0.25, 0.3) is 0 Å². The molecule has 2 N–H and O–H groups in total. The van der Waals surface area contributed by atoms with Gasteiger partial charge >= 0.3 is 0 Å². The zero-order chi connectivity index (χ0) is 22.8. The summed E-state index contributed by atoms with van der Waals surface area (Å²) < 4.78 is 23.7. The molecule has 32 heavy (non-hydrogen) atoms. The highest BCUT2D eigenvalue weighted by Crippen LogP contribution is 2.26. The van der Waals surface area contributed by atoms with Gasteiger partial charge in [-0.25, -0.2) is 0 Å². The maximum Gasteiger partial charge on any atom is 0.217 e. The highest BCUT2D eigenvalue weighted by Gasteiger charge is 2.47. The summed E-state index contributed by atoms with van der Waals surface area (Å²) in [5.74, 6) is -0.273. The van der Waals surface area contributed by atoms with Crippen molar-refractivity contribution in [1.82, 2.24) is 5.32 Å². The summed E-state index contributed by atoms with van der Waals surface area (Å²) in [5, 5.41) is 13.8. The fraction of sp³-hybridized carbons (Fsp3) is 0.400. The number of hydrogen-bond acceptors (Lipinski definition) is 6. The second-order valence-corrected chi connectivity index (χ2v) is 7.64. The first kappa shape index (κ1) is 24.1. The minimum atomic E-state index is -1.03. The Morgan fingerprint density at radius 3 is 2.28 bits per heavy atom. The Kier molecular flexibility index (Phi) is 9.40. The molecule has 1 aliphatic rings. The van der Waals surface area contributed by atoms with Gasteiger partial charge in [-0.1, -0.05) is 66.7 Å². The van der Waals surface area contributed by atoms with Gasteiger partial charge in [-0.15, -0.1) is 6.58 Å². The lowest BCUT2D eigenvalue weighted by molar-refractivity contribution is -0.281. The Hall–Kier alpha value is -2.55. The van der Waals surface area contributed by atoms with Crippen LogP contribution in [0.1, 0.15) is 18.1 Å². The van der Waals surface area contributed by atoms with Crippen molar-refractivity contribution in [2.24, 2.45) is 0 Å². The number of carbonyl (C=O) groups is 1. The smallest absolute Gasteiger partial charge is 0.217 e. The van der Waals surface area contributed by atoms with E-state index >= 15 is 0 Å². The molecule has 7 nitrogen and oxygen atoms in total. The fourth-order valence-electron chi connectivity index (χ4n) is 3.58. The van der Waals surface area contributed by atoms with Gasteiger partial charge in [0.15, 0.2) is 6.29 Å². The van der Waals surface area contributed by atoms with Crippen molar-refractivity contribution >= 4 is 5.91 Å². The van der Waals surface area contributed by atoms with E-state index in [9.17, 15) is 9.90 Å². The van der Waals surface area contributed by atoms with Crippen LogP contribution >= 0.6 is 0 Å². The van der Waals surface area contributed by atoms with Crippen LogP contribution in [0.15, 0.2) is 73.3 Å². The number of aliphatic hydroxyl groups is 1. The van der Waals surface area contributed by atoms with Crippen LogP contribution in [0.5, 0.6) is 0 Å². The number of ether oxygens (including phenoxy) is 4. The molecule has 0 spiro atoms. The molecule has 0 aliphatic carbocycles. The van der Waals surface area contributed by atoms with Crippen molar-refractivity contribution in [1.29, 1.82) is 0 Å². The number of benzene rings is 2. The molecule has 2 aromatic carbocycles. The van der Waals surface area contributed by atoms with Crippen LogP contribution in [-0.2, 0) is 37.0 Å². The molecule has 0 unspecified atom stereocenters. The van der Waals surface area contributed by atoms with Gasteiger partial charge in [0.1, 0.15) is 24.4 Å². The van der Waals surface area contributed by atoms with Crippen molar-refractivity contribution in [2.45, 2.75) is 50.8 Å². The van der Waals surface area contributed by atoms with Gasteiger partial charge in [0.25, 0.3) is 0 Å². The van der Waals surface area contributed by atoms with Crippen LogP contribution in [0, 0.1) is 0 Å². The summed E-state index contributed by atoms with van der Waals surface area (Å²) >= 11 is 0. The predicted octanol–water partition coefficient (Wildman–Crippen LogP) is 2.58. The Balaban J connectivity index is 1.71. The average molecular weight is 442 g/mol. The molecule has 1 aliphatic heterocycles. The molecular formula is C25H31NO6. The normalized spacial score (nSPS) is 25.2. The first-order chi connectivity index (χ1) is 15.6. The van der Waals surface area contributed by atoms with Crippen LogP contribution in [-0.4, -0.2) is 54.9 Å². The van der Waals surface area contributed by atoms with Crippen LogP contribution in [0.4, 0.5) is 0 Å². The summed E-state index contributed by atoms with van der Waals surface area (Å²) in [5.41, 5.74) is 1.98. The van der Waals surface area contributed by atoms with E-state index in [1.165, 1.54) is 6.92 Å². The van der Waals surface area contributed by atoms with Crippen molar-refractivity contribution in [3.63, 3.8) is 0 Å². The number of carbonyl (C=O) groups excluding carboxylic acids is 1. The summed E-state index contributed by atoms with van der Waals surface area (Å²) in [6, 6.07) is 18.7. The lowest BCUT2D eigenvalue weighted by Gasteiger charge is -2.44. The van der Waals surface area contributed by atoms with Gasteiger partial charge in [0, 0.05) is 6.92 Å². The lowest BCUT2D eigenvalue weighted by Crippen LogP contribution is -2.65. The quantitative estimate of drug-likeness (QED) is 0.522. The fourth-order valence-corrected chi connectivity index (χ4v) is 3.58. The first-order valence-corrected chi connectivity index (χ1v) is 10.7. The zero-order valence-corrected chi connectivity index (χ0v) is 18.3. The Labute approximate surface area is 188 Å². The summed E-state index contributed by atoms with van der Waals surface area (Å²) in [6.45, 7) is 6.09. The largest absolute Gasteiger partial charge is 0.388 e. The van der Waals surface area contributed by atoms with Crippen LogP contribution in [0.2, 0.25) is 0 Å². The molecule has 0 saturated carbocycles. The van der Waals surface area contributed by atoms with E-state index < -0.39 is 30.6 Å². The van der Waals surface area contributed by atoms with E-state index in [0.717, 1.165) is 11.1 Å². The first-order valence-electron chi connectivity index (χ1n) is 10.7. The van der Waals surface area contributed by atoms with Gasteiger partial charge in [-0.05, 0) is 11.1 Å². The molecule has 3 rings (SSSR count). The maximum atomic E-state index is 11.9. The molecule has 7 heteroatoms. The molecule has 0 aromatic heterocycles. The highest BCUT2D eigenvalue weighted by molar-refractivity contribution is 5.73. The van der Waals surface area contributed by atoms with Gasteiger partial charge in [-0.2, -0.15) is 0 Å². The Morgan fingerprint density at radius 1 is 1.06 bits per heavy atom. The van der Waals surface area contributed by atoms with E-state index in [1.54, 1.807) is 6.08 Å². The highest BCUT2D eigenvalue weighted by atomic mass is 16.7. The van der Waals surface area contributed by atoms with Gasteiger partial charge in [0.05, 0.1) is 26.4 Å².